The second-order valence-electron chi connectivity index (χ2n) is 4.57. The quantitative estimate of drug-likeness (QED) is 0.899. The molecule has 4 nitrogen and oxygen atoms in total. The third-order valence-corrected chi connectivity index (χ3v) is 2.86. The Morgan fingerprint density at radius 2 is 2.17 bits per heavy atom. The Kier molecular flexibility index (Phi) is 3.67. The Bertz CT molecular complexity index is 519. The molecule has 18 heavy (non-hydrogen) atoms. The van der Waals surface area contributed by atoms with Gasteiger partial charge in [-0.15, -0.1) is 0 Å². The molecule has 2 aromatic heterocycles. The van der Waals surface area contributed by atoms with Crippen LogP contribution in [0.3, 0.4) is 0 Å². The third kappa shape index (κ3) is 2.71. The topological polar surface area (TPSA) is 55.3 Å². The number of aryl methyl sites for hydroxylation is 1. The maximum Gasteiger partial charge on any atom is 0.133 e. The van der Waals surface area contributed by atoms with Crippen molar-refractivity contribution >= 4 is 5.82 Å². The van der Waals surface area contributed by atoms with Crippen LogP contribution >= 0.6 is 0 Å². The van der Waals surface area contributed by atoms with E-state index < -0.39 is 0 Å². The van der Waals surface area contributed by atoms with Crippen LogP contribution in [0.2, 0.25) is 0 Å². The average Bonchev–Trinajstić information content (AvgIpc) is 2.74. The first kappa shape index (κ1) is 12.6. The van der Waals surface area contributed by atoms with Gasteiger partial charge < -0.3 is 15.1 Å². The van der Waals surface area contributed by atoms with Crippen LogP contribution in [0.1, 0.15) is 30.0 Å². The molecule has 0 amide bonds. The molecule has 0 bridgehead atoms. The zero-order chi connectivity index (χ0) is 13.1. The van der Waals surface area contributed by atoms with E-state index in [2.05, 4.69) is 9.88 Å². The molecule has 0 saturated heterocycles. The third-order valence-electron chi connectivity index (χ3n) is 2.86. The molecule has 2 N–H and O–H groups in total. The second-order valence-corrected chi connectivity index (χ2v) is 4.57. The van der Waals surface area contributed by atoms with Crippen LogP contribution in [0.15, 0.2) is 34.9 Å². The molecule has 0 radical (unpaired) electrons. The van der Waals surface area contributed by atoms with Gasteiger partial charge in [0.25, 0.3) is 0 Å². The minimum absolute atomic E-state index is 0.0329. The fourth-order valence-corrected chi connectivity index (χ4v) is 1.96. The van der Waals surface area contributed by atoms with Crippen LogP contribution in [0.25, 0.3) is 0 Å². The zero-order valence-electron chi connectivity index (χ0n) is 11.1. The Hall–Kier alpha value is -1.81. The van der Waals surface area contributed by atoms with Gasteiger partial charge in [0, 0.05) is 24.8 Å². The molecule has 2 aromatic rings. The van der Waals surface area contributed by atoms with Crippen molar-refractivity contribution in [3.05, 3.63) is 47.5 Å². The molecule has 0 spiro atoms. The van der Waals surface area contributed by atoms with Gasteiger partial charge in [0.2, 0.25) is 0 Å². The lowest BCUT2D eigenvalue weighted by molar-refractivity contribution is 0.481. The Balaban J connectivity index is 2.20. The molecule has 0 aliphatic carbocycles. The van der Waals surface area contributed by atoms with Crippen molar-refractivity contribution in [2.24, 2.45) is 5.73 Å². The van der Waals surface area contributed by atoms with Crippen molar-refractivity contribution in [3.63, 3.8) is 0 Å². The molecule has 96 valence electrons. The summed E-state index contributed by atoms with van der Waals surface area (Å²) in [6.45, 7) is 4.59. The lowest BCUT2D eigenvalue weighted by atomic mass is 10.1. The Labute approximate surface area is 107 Å². The monoisotopic (exact) mass is 245 g/mol. The molecule has 2 rings (SSSR count). The van der Waals surface area contributed by atoms with Gasteiger partial charge >= 0.3 is 0 Å². The Morgan fingerprint density at radius 3 is 2.78 bits per heavy atom. The first-order valence-corrected chi connectivity index (χ1v) is 6.05. The van der Waals surface area contributed by atoms with Crippen LogP contribution in [0.5, 0.6) is 0 Å². The fourth-order valence-electron chi connectivity index (χ4n) is 1.96. The van der Waals surface area contributed by atoms with E-state index in [1.165, 1.54) is 0 Å². The van der Waals surface area contributed by atoms with Crippen molar-refractivity contribution in [1.29, 1.82) is 0 Å². The van der Waals surface area contributed by atoms with Gasteiger partial charge in [0.05, 0.1) is 6.54 Å². The first-order valence-electron chi connectivity index (χ1n) is 6.05. The summed E-state index contributed by atoms with van der Waals surface area (Å²) in [7, 11) is 1.99. The average molecular weight is 245 g/mol. The fraction of sp³-hybridized carbons (Fsp3) is 0.357. The maximum atomic E-state index is 5.96. The van der Waals surface area contributed by atoms with Crippen molar-refractivity contribution in [2.75, 3.05) is 11.9 Å². The van der Waals surface area contributed by atoms with E-state index in [9.17, 15) is 0 Å². The van der Waals surface area contributed by atoms with Gasteiger partial charge in [-0.05, 0) is 32.0 Å². The number of hydrogen-bond acceptors (Lipinski definition) is 4. The van der Waals surface area contributed by atoms with Gasteiger partial charge in [-0.3, -0.25) is 0 Å². The van der Waals surface area contributed by atoms with E-state index >= 15 is 0 Å². The van der Waals surface area contributed by atoms with E-state index in [1.54, 1.807) is 6.20 Å². The second kappa shape index (κ2) is 5.23. The molecule has 0 aliphatic heterocycles. The largest absolute Gasteiger partial charge is 0.464 e. The highest BCUT2D eigenvalue weighted by molar-refractivity contribution is 5.47. The van der Waals surface area contributed by atoms with Crippen LogP contribution in [0.4, 0.5) is 5.82 Å². The molecule has 0 saturated carbocycles. The van der Waals surface area contributed by atoms with Crippen molar-refractivity contribution in [1.82, 2.24) is 4.98 Å². The summed E-state index contributed by atoms with van der Waals surface area (Å²) in [4.78, 5) is 6.46. The highest BCUT2D eigenvalue weighted by Crippen LogP contribution is 2.23. The summed E-state index contributed by atoms with van der Waals surface area (Å²) in [5, 5.41) is 0. The highest BCUT2D eigenvalue weighted by Gasteiger charge is 2.13. The molecule has 0 fully saturated rings. The molecule has 0 aromatic carbocycles. The number of anilines is 1. The minimum Gasteiger partial charge on any atom is -0.464 e. The van der Waals surface area contributed by atoms with Gasteiger partial charge in [-0.2, -0.15) is 0 Å². The Morgan fingerprint density at radius 1 is 1.39 bits per heavy atom. The summed E-state index contributed by atoms with van der Waals surface area (Å²) < 4.78 is 5.58. The minimum atomic E-state index is -0.0329. The molecular weight excluding hydrogens is 226 g/mol. The summed E-state index contributed by atoms with van der Waals surface area (Å²) in [5.74, 6) is 2.75. The van der Waals surface area contributed by atoms with E-state index in [0.717, 1.165) is 22.9 Å². The predicted octanol–water partition coefficient (Wildman–Crippen LogP) is 2.64. The van der Waals surface area contributed by atoms with Crippen LogP contribution in [-0.2, 0) is 6.54 Å². The lowest BCUT2D eigenvalue weighted by Crippen LogP contribution is -2.21. The van der Waals surface area contributed by atoms with E-state index in [-0.39, 0.29) is 6.04 Å². The van der Waals surface area contributed by atoms with Crippen molar-refractivity contribution < 1.29 is 4.42 Å². The predicted molar refractivity (Wildman–Crippen MR) is 72.4 cm³/mol. The van der Waals surface area contributed by atoms with Crippen LogP contribution < -0.4 is 10.6 Å². The summed E-state index contributed by atoms with van der Waals surface area (Å²) >= 11 is 0. The van der Waals surface area contributed by atoms with Gasteiger partial charge in [0.1, 0.15) is 17.3 Å². The molecular formula is C14H19N3O. The molecule has 0 aliphatic rings. The van der Waals surface area contributed by atoms with E-state index in [0.29, 0.717) is 6.54 Å². The summed E-state index contributed by atoms with van der Waals surface area (Å²) in [5.41, 5.74) is 7.00. The highest BCUT2D eigenvalue weighted by atomic mass is 16.3. The maximum absolute atomic E-state index is 5.96. The van der Waals surface area contributed by atoms with Gasteiger partial charge in [0.15, 0.2) is 0 Å². The SMILES string of the molecule is Cc1ccc(CN(C)c2ncccc2[C@@H](C)N)o1. The number of furan rings is 1. The standard InChI is InChI=1S/C14H19N3O/c1-10-6-7-12(18-10)9-17(3)14-13(11(2)15)5-4-8-16-14/h4-8,11H,9,15H2,1-3H3/t11-/m1/s1. The van der Waals surface area contributed by atoms with Crippen LogP contribution in [-0.4, -0.2) is 12.0 Å². The number of pyridine rings is 1. The van der Waals surface area contributed by atoms with Crippen molar-refractivity contribution in [3.8, 4) is 0 Å². The number of aromatic nitrogens is 1. The van der Waals surface area contributed by atoms with Gasteiger partial charge in [-0.1, -0.05) is 6.07 Å². The molecule has 1 atom stereocenters. The zero-order valence-corrected chi connectivity index (χ0v) is 11.1. The number of nitrogens with two attached hydrogens (primary N) is 1. The van der Waals surface area contributed by atoms with Crippen LogP contribution in [0, 0.1) is 6.92 Å². The van der Waals surface area contributed by atoms with Crippen molar-refractivity contribution in [2.45, 2.75) is 26.4 Å². The number of rotatable bonds is 4. The molecule has 4 heteroatoms. The normalized spacial score (nSPS) is 12.4. The summed E-state index contributed by atoms with van der Waals surface area (Å²) in [6, 6.07) is 7.84. The molecule has 0 unspecified atom stereocenters. The lowest BCUT2D eigenvalue weighted by Gasteiger charge is -2.21. The smallest absolute Gasteiger partial charge is 0.133 e. The van der Waals surface area contributed by atoms with E-state index in [1.807, 2.05) is 45.2 Å². The molecule has 2 heterocycles. The van der Waals surface area contributed by atoms with E-state index in [4.69, 9.17) is 10.2 Å². The van der Waals surface area contributed by atoms with Gasteiger partial charge in [-0.25, -0.2) is 4.98 Å². The summed E-state index contributed by atoms with van der Waals surface area (Å²) in [6.07, 6.45) is 1.78. The number of nitrogens with zero attached hydrogens (tertiary/aromatic N) is 2. The number of hydrogen-bond donors (Lipinski definition) is 1. The first-order chi connectivity index (χ1) is 8.58.